The first-order chi connectivity index (χ1) is 15.5. The van der Waals surface area contributed by atoms with Crippen LogP contribution in [0.15, 0.2) is 58.8 Å². The molecular formula is C24H25ClN4O3. The van der Waals surface area contributed by atoms with Crippen LogP contribution in [0.3, 0.4) is 0 Å². The number of halogens is 1. The van der Waals surface area contributed by atoms with Gasteiger partial charge >= 0.3 is 6.03 Å². The molecule has 3 aromatic rings. The number of hydrogen-bond acceptors (Lipinski definition) is 5. The molecule has 1 N–H and O–H groups in total. The van der Waals surface area contributed by atoms with E-state index in [1.165, 1.54) is 0 Å². The summed E-state index contributed by atoms with van der Waals surface area (Å²) >= 11 is 6.00. The Balaban J connectivity index is 1.80. The van der Waals surface area contributed by atoms with Crippen molar-refractivity contribution in [3.8, 4) is 17.1 Å². The van der Waals surface area contributed by atoms with E-state index in [4.69, 9.17) is 20.9 Å². The van der Waals surface area contributed by atoms with Crippen LogP contribution in [0, 0.1) is 0 Å². The standard InChI is InChI=1S/C24H25ClN4O3/c1-4-5-13-29-15(2)20(21(26-24(29)30)17-7-6-8-19(14-17)31-3)23-27-22(28-32-23)16-9-11-18(25)12-10-16/h6-12,14,21H,4-5,13H2,1-3H3,(H,26,30). The molecule has 1 aliphatic rings. The zero-order valence-corrected chi connectivity index (χ0v) is 19.0. The van der Waals surface area contributed by atoms with Crippen molar-refractivity contribution >= 4 is 23.2 Å². The predicted molar refractivity (Wildman–Crippen MR) is 123 cm³/mol. The number of amides is 2. The van der Waals surface area contributed by atoms with Gasteiger partial charge in [0.25, 0.3) is 5.89 Å². The highest BCUT2D eigenvalue weighted by Crippen LogP contribution is 2.38. The molecule has 0 saturated heterocycles. The Morgan fingerprint density at radius 1 is 1.22 bits per heavy atom. The molecule has 0 saturated carbocycles. The highest BCUT2D eigenvalue weighted by molar-refractivity contribution is 6.30. The number of nitrogens with zero attached hydrogens (tertiary/aromatic N) is 3. The number of nitrogens with one attached hydrogen (secondary N) is 1. The van der Waals surface area contributed by atoms with Crippen LogP contribution in [0.25, 0.3) is 17.0 Å². The number of methoxy groups -OCH3 is 1. The van der Waals surface area contributed by atoms with E-state index in [-0.39, 0.29) is 6.03 Å². The van der Waals surface area contributed by atoms with Crippen molar-refractivity contribution in [1.29, 1.82) is 0 Å². The van der Waals surface area contributed by atoms with E-state index in [2.05, 4.69) is 22.4 Å². The van der Waals surface area contributed by atoms with Gasteiger partial charge in [0, 0.05) is 22.8 Å². The van der Waals surface area contributed by atoms with Gasteiger partial charge in [0.05, 0.1) is 18.7 Å². The lowest BCUT2D eigenvalue weighted by molar-refractivity contribution is 0.204. The van der Waals surface area contributed by atoms with Gasteiger partial charge in [-0.15, -0.1) is 0 Å². The molecule has 2 amide bonds. The van der Waals surface area contributed by atoms with Gasteiger partial charge in [0.15, 0.2) is 0 Å². The molecule has 0 fully saturated rings. The summed E-state index contributed by atoms with van der Waals surface area (Å²) < 4.78 is 11.1. The second kappa shape index (κ2) is 9.44. The Morgan fingerprint density at radius 2 is 2.00 bits per heavy atom. The summed E-state index contributed by atoms with van der Waals surface area (Å²) in [6, 6.07) is 14.2. The van der Waals surface area contributed by atoms with E-state index in [1.54, 1.807) is 24.1 Å². The summed E-state index contributed by atoms with van der Waals surface area (Å²) in [6.07, 6.45) is 1.87. The highest BCUT2D eigenvalue weighted by Gasteiger charge is 2.35. The lowest BCUT2D eigenvalue weighted by atomic mass is 9.94. The van der Waals surface area contributed by atoms with Gasteiger partial charge in [0.1, 0.15) is 5.75 Å². The van der Waals surface area contributed by atoms with Gasteiger partial charge in [-0.25, -0.2) is 4.79 Å². The van der Waals surface area contributed by atoms with Crippen molar-refractivity contribution in [3.63, 3.8) is 0 Å². The van der Waals surface area contributed by atoms with Crippen LogP contribution in [0.2, 0.25) is 5.02 Å². The summed E-state index contributed by atoms with van der Waals surface area (Å²) in [4.78, 5) is 19.3. The zero-order chi connectivity index (χ0) is 22.7. The fourth-order valence-corrected chi connectivity index (χ4v) is 3.89. The topological polar surface area (TPSA) is 80.5 Å². The number of hydrogen-bond donors (Lipinski definition) is 1. The molecule has 1 aliphatic heterocycles. The molecule has 4 rings (SSSR count). The molecule has 8 heteroatoms. The predicted octanol–water partition coefficient (Wildman–Crippen LogP) is 5.70. The number of aromatic nitrogens is 2. The number of carbonyl (C=O) groups excluding carboxylic acids is 1. The smallest absolute Gasteiger partial charge is 0.322 e. The van der Waals surface area contributed by atoms with Crippen LogP contribution in [0.5, 0.6) is 5.75 Å². The maximum absolute atomic E-state index is 13.0. The minimum Gasteiger partial charge on any atom is -0.497 e. The Bertz CT molecular complexity index is 1140. The number of carbonyl (C=O) groups is 1. The Morgan fingerprint density at radius 3 is 2.72 bits per heavy atom. The van der Waals surface area contributed by atoms with E-state index in [0.717, 1.165) is 35.2 Å². The van der Waals surface area contributed by atoms with Crippen molar-refractivity contribution in [2.24, 2.45) is 0 Å². The largest absolute Gasteiger partial charge is 0.497 e. The molecule has 0 spiro atoms. The Labute approximate surface area is 192 Å². The summed E-state index contributed by atoms with van der Waals surface area (Å²) in [6.45, 7) is 4.63. The van der Waals surface area contributed by atoms with Gasteiger partial charge in [-0.05, 0) is 55.3 Å². The van der Waals surface area contributed by atoms with Gasteiger partial charge in [-0.1, -0.05) is 42.2 Å². The van der Waals surface area contributed by atoms with Gasteiger partial charge in [-0.3, -0.25) is 4.90 Å². The van der Waals surface area contributed by atoms with Crippen molar-refractivity contribution in [2.45, 2.75) is 32.7 Å². The van der Waals surface area contributed by atoms with Gasteiger partial charge < -0.3 is 14.6 Å². The maximum Gasteiger partial charge on any atom is 0.322 e. The van der Waals surface area contributed by atoms with E-state index < -0.39 is 6.04 Å². The third-order valence-corrected chi connectivity index (χ3v) is 5.77. The second-order valence-electron chi connectivity index (χ2n) is 7.59. The molecule has 166 valence electrons. The molecule has 32 heavy (non-hydrogen) atoms. The third kappa shape index (κ3) is 4.34. The fourth-order valence-electron chi connectivity index (χ4n) is 3.76. The first kappa shape index (κ1) is 21.9. The summed E-state index contributed by atoms with van der Waals surface area (Å²) in [5, 5.41) is 7.92. The first-order valence-electron chi connectivity index (χ1n) is 10.5. The van der Waals surface area contributed by atoms with E-state index in [1.807, 2.05) is 43.3 Å². The zero-order valence-electron chi connectivity index (χ0n) is 18.3. The maximum atomic E-state index is 13.0. The van der Waals surface area contributed by atoms with Crippen LogP contribution in [-0.2, 0) is 0 Å². The number of ether oxygens (including phenoxy) is 1. The van der Waals surface area contributed by atoms with Crippen LogP contribution >= 0.6 is 11.6 Å². The van der Waals surface area contributed by atoms with Crippen molar-refractivity contribution in [1.82, 2.24) is 20.4 Å². The molecule has 0 radical (unpaired) electrons. The van der Waals surface area contributed by atoms with Crippen LogP contribution in [0.4, 0.5) is 4.79 Å². The number of unbranched alkanes of at least 4 members (excludes halogenated alkanes) is 1. The molecule has 1 unspecified atom stereocenters. The number of allylic oxidation sites excluding steroid dienone is 1. The molecule has 2 aromatic carbocycles. The Kier molecular flexibility index (Phi) is 6.46. The first-order valence-corrected chi connectivity index (χ1v) is 10.9. The average Bonchev–Trinajstić information content (AvgIpc) is 3.28. The summed E-state index contributed by atoms with van der Waals surface area (Å²) in [5.41, 5.74) is 3.22. The monoisotopic (exact) mass is 452 g/mol. The third-order valence-electron chi connectivity index (χ3n) is 5.52. The van der Waals surface area contributed by atoms with E-state index in [9.17, 15) is 4.79 Å². The van der Waals surface area contributed by atoms with Crippen molar-refractivity contribution in [2.75, 3.05) is 13.7 Å². The second-order valence-corrected chi connectivity index (χ2v) is 8.03. The van der Waals surface area contributed by atoms with Crippen molar-refractivity contribution in [3.05, 3.63) is 70.7 Å². The van der Waals surface area contributed by atoms with Gasteiger partial charge in [-0.2, -0.15) is 4.98 Å². The highest BCUT2D eigenvalue weighted by atomic mass is 35.5. The lowest BCUT2D eigenvalue weighted by Gasteiger charge is -2.35. The normalized spacial score (nSPS) is 16.3. The summed E-state index contributed by atoms with van der Waals surface area (Å²) in [7, 11) is 1.61. The molecule has 1 atom stereocenters. The molecule has 0 bridgehead atoms. The summed E-state index contributed by atoms with van der Waals surface area (Å²) in [5.74, 6) is 1.52. The van der Waals surface area contributed by atoms with E-state index >= 15 is 0 Å². The average molecular weight is 453 g/mol. The van der Waals surface area contributed by atoms with Crippen LogP contribution in [-0.4, -0.2) is 34.7 Å². The fraction of sp³-hybridized carbons (Fsp3) is 0.292. The number of benzene rings is 2. The molecule has 1 aromatic heterocycles. The Hall–Kier alpha value is -3.32. The number of urea groups is 1. The molecule has 2 heterocycles. The van der Waals surface area contributed by atoms with E-state index in [0.29, 0.717) is 29.0 Å². The van der Waals surface area contributed by atoms with Crippen LogP contribution in [0.1, 0.15) is 44.2 Å². The van der Waals surface area contributed by atoms with Crippen LogP contribution < -0.4 is 10.1 Å². The lowest BCUT2D eigenvalue weighted by Crippen LogP contribution is -2.46. The minimum atomic E-state index is -0.450. The SMILES string of the molecule is CCCCN1C(=O)NC(c2cccc(OC)c2)C(c2nc(-c3ccc(Cl)cc3)no2)=C1C. The van der Waals surface area contributed by atoms with Crippen molar-refractivity contribution < 1.29 is 14.1 Å². The molecular weight excluding hydrogens is 428 g/mol. The molecule has 0 aliphatic carbocycles. The quantitative estimate of drug-likeness (QED) is 0.497. The number of rotatable bonds is 7. The van der Waals surface area contributed by atoms with Gasteiger partial charge in [0.2, 0.25) is 5.82 Å². The molecule has 7 nitrogen and oxygen atoms in total. The minimum absolute atomic E-state index is 0.148.